The molecule has 21 heavy (non-hydrogen) atoms. The molecule has 0 fully saturated rings. The first kappa shape index (κ1) is 16.2. The van der Waals surface area contributed by atoms with Gasteiger partial charge in [-0.2, -0.15) is 0 Å². The van der Waals surface area contributed by atoms with E-state index in [9.17, 15) is 0 Å². The third kappa shape index (κ3) is 3.94. The number of halogens is 2. The molecule has 0 heterocycles. The summed E-state index contributed by atoms with van der Waals surface area (Å²) in [5.74, 6) is 0. The lowest BCUT2D eigenvalue weighted by atomic mass is 9.95. The molecule has 0 saturated carbocycles. The van der Waals surface area contributed by atoms with Gasteiger partial charge in [0.25, 0.3) is 7.48 Å². The van der Waals surface area contributed by atoms with Crippen molar-refractivity contribution in [2.24, 2.45) is 0 Å². The van der Waals surface area contributed by atoms with E-state index in [1.54, 1.807) is 0 Å². The van der Waals surface area contributed by atoms with Crippen LogP contribution in [0.3, 0.4) is 0 Å². The first-order valence-electron chi connectivity index (χ1n) is 6.78. The van der Waals surface area contributed by atoms with Crippen LogP contribution in [0.2, 0.25) is 16.4 Å². The summed E-state index contributed by atoms with van der Waals surface area (Å²) in [6.07, 6.45) is 0.553. The molecule has 0 unspecified atom stereocenters. The minimum atomic E-state index is 0.553. The third-order valence-electron chi connectivity index (χ3n) is 3.41. The van der Waals surface area contributed by atoms with Gasteiger partial charge in [0.05, 0.1) is 0 Å². The minimum Gasteiger partial charge on any atom is -0.454 e. The standard InChI is InChI=1S/C16H17BCl2NO/c1-11-3-5-13(18)9-15(11)20(8-7-17-21)16-10-14(19)6-4-12(16)2/h3-6,9-10,21H,7-8H2,1-2H3. The molecule has 2 aromatic carbocycles. The Morgan fingerprint density at radius 2 is 1.43 bits per heavy atom. The topological polar surface area (TPSA) is 23.5 Å². The molecule has 0 aliphatic heterocycles. The predicted octanol–water partition coefficient (Wildman–Crippen LogP) is 4.78. The Kier molecular flexibility index (Phi) is 5.57. The summed E-state index contributed by atoms with van der Waals surface area (Å²) in [5.41, 5.74) is 4.29. The second kappa shape index (κ2) is 7.21. The molecular weight excluding hydrogens is 304 g/mol. The summed E-state index contributed by atoms with van der Waals surface area (Å²) in [6.45, 7) is 4.74. The lowest BCUT2D eigenvalue weighted by Crippen LogP contribution is -2.21. The molecule has 0 atom stereocenters. The molecule has 1 radical (unpaired) electrons. The number of aryl methyl sites for hydroxylation is 2. The molecule has 2 rings (SSSR count). The van der Waals surface area contributed by atoms with E-state index in [2.05, 4.69) is 4.90 Å². The van der Waals surface area contributed by atoms with Crippen LogP contribution in [0, 0.1) is 13.8 Å². The average Bonchev–Trinajstić information content (AvgIpc) is 2.46. The van der Waals surface area contributed by atoms with Gasteiger partial charge in [-0.15, -0.1) is 0 Å². The second-order valence-corrected chi connectivity index (χ2v) is 5.86. The Bertz CT molecular complexity index is 582. The Morgan fingerprint density at radius 1 is 0.952 bits per heavy atom. The van der Waals surface area contributed by atoms with E-state index in [4.69, 9.17) is 28.2 Å². The van der Waals surface area contributed by atoms with Gasteiger partial charge < -0.3 is 9.92 Å². The van der Waals surface area contributed by atoms with E-state index in [1.165, 1.54) is 7.48 Å². The van der Waals surface area contributed by atoms with Gasteiger partial charge in [0, 0.05) is 28.0 Å². The fourth-order valence-electron chi connectivity index (χ4n) is 2.30. The van der Waals surface area contributed by atoms with Crippen molar-refractivity contribution in [3.05, 3.63) is 57.6 Å². The average molecular weight is 321 g/mol. The largest absolute Gasteiger partial charge is 0.454 e. The zero-order chi connectivity index (χ0) is 15.4. The Hall–Kier alpha value is -1.16. The van der Waals surface area contributed by atoms with Crippen molar-refractivity contribution >= 4 is 42.1 Å². The van der Waals surface area contributed by atoms with Gasteiger partial charge >= 0.3 is 0 Å². The number of hydrogen-bond acceptors (Lipinski definition) is 2. The molecule has 109 valence electrons. The summed E-state index contributed by atoms with van der Waals surface area (Å²) in [5, 5.41) is 10.4. The fraction of sp³-hybridized carbons (Fsp3) is 0.250. The van der Waals surface area contributed by atoms with Gasteiger partial charge in [0.2, 0.25) is 0 Å². The van der Waals surface area contributed by atoms with Crippen LogP contribution in [0.15, 0.2) is 36.4 Å². The van der Waals surface area contributed by atoms with Gasteiger partial charge in [0.1, 0.15) is 0 Å². The van der Waals surface area contributed by atoms with E-state index in [1.807, 2.05) is 50.2 Å². The lowest BCUT2D eigenvalue weighted by molar-refractivity contribution is 0.599. The highest BCUT2D eigenvalue weighted by Gasteiger charge is 2.15. The number of rotatable bonds is 5. The molecule has 0 saturated heterocycles. The van der Waals surface area contributed by atoms with E-state index >= 15 is 0 Å². The van der Waals surface area contributed by atoms with Crippen molar-refractivity contribution in [1.29, 1.82) is 0 Å². The van der Waals surface area contributed by atoms with Crippen LogP contribution in [0.4, 0.5) is 11.4 Å². The number of hydrogen-bond donors (Lipinski definition) is 1. The van der Waals surface area contributed by atoms with E-state index in [0.29, 0.717) is 22.9 Å². The van der Waals surface area contributed by atoms with E-state index < -0.39 is 0 Å². The van der Waals surface area contributed by atoms with Crippen molar-refractivity contribution in [3.8, 4) is 0 Å². The van der Waals surface area contributed by atoms with E-state index in [0.717, 1.165) is 22.5 Å². The lowest BCUT2D eigenvalue weighted by Gasteiger charge is -2.28. The van der Waals surface area contributed by atoms with Crippen LogP contribution in [0.5, 0.6) is 0 Å². The summed E-state index contributed by atoms with van der Waals surface area (Å²) in [7, 11) is 1.17. The molecule has 0 amide bonds. The highest BCUT2D eigenvalue weighted by atomic mass is 35.5. The quantitative estimate of drug-likeness (QED) is 0.801. The molecule has 0 aliphatic carbocycles. The number of benzene rings is 2. The molecule has 2 nitrogen and oxygen atoms in total. The molecule has 5 heteroatoms. The zero-order valence-electron chi connectivity index (χ0n) is 12.1. The number of anilines is 2. The highest BCUT2D eigenvalue weighted by Crippen LogP contribution is 2.34. The summed E-state index contributed by atoms with van der Waals surface area (Å²) >= 11 is 12.3. The maximum atomic E-state index is 9.05. The first-order chi connectivity index (χ1) is 10.0. The summed E-state index contributed by atoms with van der Waals surface area (Å²) in [4.78, 5) is 2.13. The van der Waals surface area contributed by atoms with Crippen LogP contribution in [0.25, 0.3) is 0 Å². The van der Waals surface area contributed by atoms with Crippen molar-refractivity contribution in [1.82, 2.24) is 0 Å². The second-order valence-electron chi connectivity index (χ2n) is 4.98. The van der Waals surface area contributed by atoms with Crippen molar-refractivity contribution in [2.45, 2.75) is 20.2 Å². The van der Waals surface area contributed by atoms with Crippen molar-refractivity contribution in [3.63, 3.8) is 0 Å². The maximum Gasteiger partial charge on any atom is 0.289 e. The maximum absolute atomic E-state index is 9.05. The predicted molar refractivity (Wildman–Crippen MR) is 92.2 cm³/mol. The molecular formula is C16H17BCl2NO. The Labute approximate surface area is 136 Å². The SMILES string of the molecule is Cc1ccc(Cl)cc1N(CC[B]O)c1cc(Cl)ccc1C. The summed E-state index contributed by atoms with van der Waals surface area (Å²) in [6, 6.07) is 11.6. The number of nitrogens with zero attached hydrogens (tertiary/aromatic N) is 1. The Balaban J connectivity index is 2.52. The van der Waals surface area contributed by atoms with Crippen molar-refractivity contribution in [2.75, 3.05) is 11.4 Å². The van der Waals surface area contributed by atoms with Gasteiger partial charge in [-0.05, 0) is 55.6 Å². The zero-order valence-corrected chi connectivity index (χ0v) is 13.6. The fourth-order valence-corrected chi connectivity index (χ4v) is 2.64. The molecule has 2 aromatic rings. The van der Waals surface area contributed by atoms with Crippen LogP contribution in [-0.2, 0) is 0 Å². The molecule has 0 bridgehead atoms. The highest BCUT2D eigenvalue weighted by molar-refractivity contribution is 6.31. The molecule has 1 N–H and O–H groups in total. The minimum absolute atomic E-state index is 0.553. The molecule has 0 spiro atoms. The Morgan fingerprint density at radius 3 is 1.86 bits per heavy atom. The molecule has 0 aromatic heterocycles. The van der Waals surface area contributed by atoms with Crippen LogP contribution in [-0.4, -0.2) is 19.1 Å². The van der Waals surface area contributed by atoms with Gasteiger partial charge in [-0.3, -0.25) is 0 Å². The third-order valence-corrected chi connectivity index (χ3v) is 3.88. The normalized spacial score (nSPS) is 10.5. The van der Waals surface area contributed by atoms with Crippen LogP contribution < -0.4 is 4.90 Å². The van der Waals surface area contributed by atoms with Crippen molar-refractivity contribution < 1.29 is 5.02 Å². The van der Waals surface area contributed by atoms with E-state index in [-0.39, 0.29) is 0 Å². The van der Waals surface area contributed by atoms with Gasteiger partial charge in [0.15, 0.2) is 0 Å². The van der Waals surface area contributed by atoms with Gasteiger partial charge in [-0.1, -0.05) is 35.3 Å². The van der Waals surface area contributed by atoms with Crippen LogP contribution >= 0.6 is 23.2 Å². The molecule has 0 aliphatic rings. The van der Waals surface area contributed by atoms with Crippen LogP contribution in [0.1, 0.15) is 11.1 Å². The first-order valence-corrected chi connectivity index (χ1v) is 7.54. The van der Waals surface area contributed by atoms with Gasteiger partial charge in [-0.25, -0.2) is 0 Å². The monoisotopic (exact) mass is 320 g/mol. The summed E-state index contributed by atoms with van der Waals surface area (Å²) < 4.78 is 0. The smallest absolute Gasteiger partial charge is 0.289 e.